The molecule has 0 aliphatic rings. The molecule has 0 radical (unpaired) electrons. The Balaban J connectivity index is 3.54. The average molecular weight is 223 g/mol. The SMILES string of the molecule is CCOS(=O)(=O)CCCCC(C)CN. The van der Waals surface area contributed by atoms with Crippen molar-refractivity contribution in [1.82, 2.24) is 0 Å². The van der Waals surface area contributed by atoms with Gasteiger partial charge in [0.2, 0.25) is 0 Å². The molecule has 0 saturated carbocycles. The van der Waals surface area contributed by atoms with Gasteiger partial charge < -0.3 is 5.73 Å². The molecule has 0 aliphatic carbocycles. The summed E-state index contributed by atoms with van der Waals surface area (Å²) in [6, 6.07) is 0. The predicted molar refractivity (Wildman–Crippen MR) is 57.5 cm³/mol. The van der Waals surface area contributed by atoms with Crippen molar-refractivity contribution >= 4 is 10.1 Å². The van der Waals surface area contributed by atoms with E-state index in [0.29, 0.717) is 18.9 Å². The summed E-state index contributed by atoms with van der Waals surface area (Å²) in [6.07, 6.45) is 2.54. The molecule has 2 N–H and O–H groups in total. The molecular weight excluding hydrogens is 202 g/mol. The second-order valence-electron chi connectivity index (χ2n) is 3.50. The van der Waals surface area contributed by atoms with Crippen molar-refractivity contribution in [2.75, 3.05) is 18.9 Å². The van der Waals surface area contributed by atoms with Gasteiger partial charge in [0.05, 0.1) is 12.4 Å². The van der Waals surface area contributed by atoms with Crippen LogP contribution in [0.2, 0.25) is 0 Å². The average Bonchev–Trinajstić information content (AvgIpc) is 2.12. The Kier molecular flexibility index (Phi) is 7.13. The van der Waals surface area contributed by atoms with Gasteiger partial charge in [0.15, 0.2) is 0 Å². The number of hydrogen-bond acceptors (Lipinski definition) is 4. The van der Waals surface area contributed by atoms with Crippen molar-refractivity contribution in [2.24, 2.45) is 11.7 Å². The summed E-state index contributed by atoms with van der Waals surface area (Å²) in [4.78, 5) is 0. The van der Waals surface area contributed by atoms with Crippen molar-refractivity contribution in [3.63, 3.8) is 0 Å². The Morgan fingerprint density at radius 3 is 2.50 bits per heavy atom. The molecule has 0 spiro atoms. The molecule has 1 atom stereocenters. The lowest BCUT2D eigenvalue weighted by Gasteiger charge is -2.07. The van der Waals surface area contributed by atoms with Gasteiger partial charge in [-0.1, -0.05) is 13.3 Å². The minimum atomic E-state index is -3.27. The van der Waals surface area contributed by atoms with Crippen molar-refractivity contribution in [1.29, 1.82) is 0 Å². The molecular formula is C9H21NO3S. The van der Waals surface area contributed by atoms with E-state index >= 15 is 0 Å². The Hall–Kier alpha value is -0.130. The van der Waals surface area contributed by atoms with Gasteiger partial charge in [0.1, 0.15) is 0 Å². The quantitative estimate of drug-likeness (QED) is 0.494. The highest BCUT2D eigenvalue weighted by molar-refractivity contribution is 7.86. The van der Waals surface area contributed by atoms with Crippen molar-refractivity contribution in [3.8, 4) is 0 Å². The van der Waals surface area contributed by atoms with Crippen LogP contribution >= 0.6 is 0 Å². The van der Waals surface area contributed by atoms with Gasteiger partial charge in [-0.15, -0.1) is 0 Å². The maximum Gasteiger partial charge on any atom is 0.267 e. The van der Waals surface area contributed by atoms with E-state index in [1.165, 1.54) is 0 Å². The largest absolute Gasteiger partial charge is 0.330 e. The van der Waals surface area contributed by atoms with Crippen molar-refractivity contribution in [2.45, 2.75) is 33.1 Å². The number of hydrogen-bond donors (Lipinski definition) is 1. The lowest BCUT2D eigenvalue weighted by molar-refractivity contribution is 0.336. The number of nitrogens with two attached hydrogens (primary N) is 1. The molecule has 0 saturated heterocycles. The van der Waals surface area contributed by atoms with Crippen molar-refractivity contribution < 1.29 is 12.6 Å². The fourth-order valence-corrected chi connectivity index (χ4v) is 2.16. The van der Waals surface area contributed by atoms with Crippen LogP contribution in [0.4, 0.5) is 0 Å². The lowest BCUT2D eigenvalue weighted by Crippen LogP contribution is -2.13. The van der Waals surface area contributed by atoms with E-state index in [1.807, 2.05) is 0 Å². The zero-order valence-corrected chi connectivity index (χ0v) is 9.85. The van der Waals surface area contributed by atoms with Crippen LogP contribution in [0.25, 0.3) is 0 Å². The fraction of sp³-hybridized carbons (Fsp3) is 1.00. The molecule has 5 heteroatoms. The first kappa shape index (κ1) is 13.9. The van der Waals surface area contributed by atoms with Gasteiger partial charge in [-0.05, 0) is 32.2 Å². The minimum Gasteiger partial charge on any atom is -0.330 e. The molecule has 0 amide bonds. The Morgan fingerprint density at radius 2 is 2.00 bits per heavy atom. The summed E-state index contributed by atoms with van der Waals surface area (Å²) in [5.41, 5.74) is 5.44. The van der Waals surface area contributed by atoms with Crippen LogP contribution in [0.5, 0.6) is 0 Å². The van der Waals surface area contributed by atoms with Gasteiger partial charge in [0.25, 0.3) is 10.1 Å². The highest BCUT2D eigenvalue weighted by atomic mass is 32.2. The topological polar surface area (TPSA) is 69.4 Å². The normalized spacial score (nSPS) is 14.2. The molecule has 86 valence electrons. The molecule has 0 fully saturated rings. The summed E-state index contributed by atoms with van der Waals surface area (Å²) < 4.78 is 26.8. The molecule has 4 nitrogen and oxygen atoms in total. The summed E-state index contributed by atoms with van der Waals surface area (Å²) in [5.74, 6) is 0.600. The van der Waals surface area contributed by atoms with E-state index in [4.69, 9.17) is 5.73 Å². The molecule has 0 rings (SSSR count). The van der Waals surface area contributed by atoms with Gasteiger partial charge in [-0.25, -0.2) is 0 Å². The fourth-order valence-electron chi connectivity index (χ4n) is 1.13. The van der Waals surface area contributed by atoms with E-state index in [2.05, 4.69) is 11.1 Å². The monoisotopic (exact) mass is 223 g/mol. The molecule has 1 unspecified atom stereocenters. The highest BCUT2D eigenvalue weighted by Gasteiger charge is 2.09. The van der Waals surface area contributed by atoms with Gasteiger partial charge in [-0.2, -0.15) is 8.42 Å². The molecule has 0 aliphatic heterocycles. The molecule has 0 aromatic carbocycles. The maximum atomic E-state index is 11.1. The van der Waals surface area contributed by atoms with Crippen LogP contribution in [0.3, 0.4) is 0 Å². The number of rotatable bonds is 8. The third kappa shape index (κ3) is 7.29. The molecule has 0 heterocycles. The van der Waals surface area contributed by atoms with Crippen LogP contribution in [-0.4, -0.2) is 27.3 Å². The van der Waals surface area contributed by atoms with E-state index in [1.54, 1.807) is 6.92 Å². The maximum absolute atomic E-state index is 11.1. The molecule has 0 aromatic rings. The second kappa shape index (κ2) is 7.20. The summed E-state index contributed by atoms with van der Waals surface area (Å²) in [5, 5.41) is 0. The van der Waals surface area contributed by atoms with Gasteiger partial charge in [-0.3, -0.25) is 4.18 Å². The number of unbranched alkanes of at least 4 members (excludes halogenated alkanes) is 1. The third-order valence-corrected chi connectivity index (χ3v) is 3.42. The van der Waals surface area contributed by atoms with E-state index in [0.717, 1.165) is 12.8 Å². The van der Waals surface area contributed by atoms with Gasteiger partial charge >= 0.3 is 0 Å². The van der Waals surface area contributed by atoms with Crippen LogP contribution in [0.15, 0.2) is 0 Å². The van der Waals surface area contributed by atoms with E-state index in [-0.39, 0.29) is 12.4 Å². The molecule has 0 aromatic heterocycles. The third-order valence-electron chi connectivity index (χ3n) is 2.04. The minimum absolute atomic E-state index is 0.123. The van der Waals surface area contributed by atoms with Crippen LogP contribution in [0, 0.1) is 5.92 Å². The lowest BCUT2D eigenvalue weighted by atomic mass is 10.1. The molecule has 14 heavy (non-hydrogen) atoms. The predicted octanol–water partition coefficient (Wildman–Crippen LogP) is 1.12. The van der Waals surface area contributed by atoms with E-state index in [9.17, 15) is 8.42 Å². The first-order valence-corrected chi connectivity index (χ1v) is 6.66. The Labute approximate surface area is 86.9 Å². The smallest absolute Gasteiger partial charge is 0.267 e. The highest BCUT2D eigenvalue weighted by Crippen LogP contribution is 2.07. The Morgan fingerprint density at radius 1 is 1.36 bits per heavy atom. The summed E-state index contributed by atoms with van der Waals surface area (Å²) >= 11 is 0. The Bertz CT molecular complexity index is 226. The first-order chi connectivity index (χ1) is 6.52. The molecule has 0 bridgehead atoms. The van der Waals surface area contributed by atoms with Crippen LogP contribution < -0.4 is 5.73 Å². The standard InChI is InChI=1S/C9H21NO3S/c1-3-13-14(11,12)7-5-4-6-9(2)8-10/h9H,3-8,10H2,1-2H3. The zero-order chi connectivity index (χ0) is 11.0. The summed E-state index contributed by atoms with van der Waals surface area (Å²) in [6.45, 7) is 4.63. The van der Waals surface area contributed by atoms with Crippen LogP contribution in [0.1, 0.15) is 33.1 Å². The van der Waals surface area contributed by atoms with E-state index < -0.39 is 10.1 Å². The van der Waals surface area contributed by atoms with Crippen LogP contribution in [-0.2, 0) is 14.3 Å². The first-order valence-electron chi connectivity index (χ1n) is 5.09. The van der Waals surface area contributed by atoms with Crippen molar-refractivity contribution in [3.05, 3.63) is 0 Å². The summed E-state index contributed by atoms with van der Waals surface area (Å²) in [7, 11) is -3.27. The van der Waals surface area contributed by atoms with Gasteiger partial charge in [0, 0.05) is 0 Å². The zero-order valence-electron chi connectivity index (χ0n) is 9.03. The second-order valence-corrected chi connectivity index (χ2v) is 5.26.